The van der Waals surface area contributed by atoms with Crippen molar-refractivity contribution in [2.45, 2.75) is 11.8 Å². The van der Waals surface area contributed by atoms with E-state index in [0.29, 0.717) is 0 Å². The minimum Gasteiger partial charge on any atom is -0.506 e. The van der Waals surface area contributed by atoms with Crippen LogP contribution in [0.3, 0.4) is 0 Å². The summed E-state index contributed by atoms with van der Waals surface area (Å²) in [4.78, 5) is 0.0650. The zero-order valence-electron chi connectivity index (χ0n) is 10.7. The van der Waals surface area contributed by atoms with Crippen LogP contribution < -0.4 is 4.72 Å². The number of phenols is 1. The minimum atomic E-state index is -3.85. The Balaban J connectivity index is 2.44. The smallest absolute Gasteiger partial charge is 0.262 e. The highest BCUT2D eigenvalue weighted by atomic mass is 32.2. The molecule has 0 unspecified atom stereocenters. The summed E-state index contributed by atoms with van der Waals surface area (Å²) in [5.41, 5.74) is 0.875. The average Bonchev–Trinajstić information content (AvgIpc) is 2.41. The van der Waals surface area contributed by atoms with Crippen LogP contribution in [0.1, 0.15) is 11.1 Å². The predicted octanol–water partition coefficient (Wildman–Crippen LogP) is 2.37. The maximum Gasteiger partial charge on any atom is 0.262 e. The second-order valence-electron chi connectivity index (χ2n) is 4.23. The largest absolute Gasteiger partial charge is 0.506 e. The van der Waals surface area contributed by atoms with Gasteiger partial charge in [0.15, 0.2) is 0 Å². The molecule has 2 aromatic rings. The highest BCUT2D eigenvalue weighted by Crippen LogP contribution is 2.29. The second kappa shape index (κ2) is 5.23. The van der Waals surface area contributed by atoms with Crippen molar-refractivity contribution in [2.75, 3.05) is 4.72 Å². The van der Waals surface area contributed by atoms with Crippen molar-refractivity contribution in [2.24, 2.45) is 0 Å². The lowest BCUT2D eigenvalue weighted by atomic mass is 10.2. The van der Waals surface area contributed by atoms with E-state index >= 15 is 0 Å². The molecule has 102 valence electrons. The molecule has 0 radical (unpaired) electrons. The lowest BCUT2D eigenvalue weighted by Crippen LogP contribution is -2.14. The van der Waals surface area contributed by atoms with Crippen LogP contribution >= 0.6 is 0 Å². The first kappa shape index (κ1) is 13.9. The van der Waals surface area contributed by atoms with Crippen LogP contribution in [0.5, 0.6) is 5.75 Å². The Morgan fingerprint density at radius 2 is 1.80 bits per heavy atom. The van der Waals surface area contributed by atoms with E-state index in [1.54, 1.807) is 12.1 Å². The molecule has 0 saturated carbocycles. The molecule has 0 heterocycles. The molecule has 0 amide bonds. The van der Waals surface area contributed by atoms with Gasteiger partial charge in [0.05, 0.1) is 10.5 Å². The van der Waals surface area contributed by atoms with Gasteiger partial charge in [-0.1, -0.05) is 23.8 Å². The molecule has 0 aliphatic rings. The summed E-state index contributed by atoms with van der Waals surface area (Å²) in [6, 6.07) is 12.3. The molecule has 0 aliphatic heterocycles. The summed E-state index contributed by atoms with van der Waals surface area (Å²) in [5, 5.41) is 18.6. The number of phenolic OH excluding ortho intramolecular Hbond substituents is 1. The third-order valence-electron chi connectivity index (χ3n) is 2.73. The lowest BCUT2D eigenvalue weighted by molar-refractivity contribution is 0.477. The second-order valence-corrected chi connectivity index (χ2v) is 5.91. The van der Waals surface area contributed by atoms with Gasteiger partial charge in [0.1, 0.15) is 17.5 Å². The van der Waals surface area contributed by atoms with Crippen molar-refractivity contribution in [3.05, 3.63) is 53.6 Å². The first-order chi connectivity index (χ1) is 9.44. The van der Waals surface area contributed by atoms with Gasteiger partial charge in [0.25, 0.3) is 10.0 Å². The molecule has 5 nitrogen and oxygen atoms in total. The summed E-state index contributed by atoms with van der Waals surface area (Å²) in [7, 11) is -3.85. The molecule has 0 aliphatic carbocycles. The number of anilines is 1. The Morgan fingerprint density at radius 1 is 1.15 bits per heavy atom. The van der Waals surface area contributed by atoms with Crippen molar-refractivity contribution >= 4 is 15.7 Å². The molecular weight excluding hydrogens is 276 g/mol. The minimum absolute atomic E-state index is 0.0562. The van der Waals surface area contributed by atoms with Gasteiger partial charge in [0.2, 0.25) is 0 Å². The molecule has 0 bridgehead atoms. The number of aromatic hydroxyl groups is 1. The van der Waals surface area contributed by atoms with Gasteiger partial charge in [-0.2, -0.15) is 5.26 Å². The van der Waals surface area contributed by atoms with Gasteiger partial charge in [-0.05, 0) is 31.2 Å². The predicted molar refractivity (Wildman–Crippen MR) is 74.8 cm³/mol. The number of para-hydroxylation sites is 1. The fraction of sp³-hybridized carbons (Fsp3) is 0.0714. The molecule has 2 aromatic carbocycles. The molecule has 0 atom stereocenters. The maximum absolute atomic E-state index is 12.2. The molecule has 2 rings (SSSR count). The van der Waals surface area contributed by atoms with Crippen molar-refractivity contribution in [1.82, 2.24) is 0 Å². The summed E-state index contributed by atoms with van der Waals surface area (Å²) < 4.78 is 26.6. The van der Waals surface area contributed by atoms with E-state index in [4.69, 9.17) is 5.26 Å². The standard InChI is InChI=1S/C14H12N2O3S/c1-10-5-7-12(8-6-10)20(18,19)16-14-11(9-15)3-2-4-13(14)17/h2-8,16-17H,1H3. The summed E-state index contributed by atoms with van der Waals surface area (Å²) >= 11 is 0. The van der Waals surface area contributed by atoms with Gasteiger partial charge in [-0.25, -0.2) is 8.42 Å². The van der Waals surface area contributed by atoms with Crippen LogP contribution in [0.25, 0.3) is 0 Å². The van der Waals surface area contributed by atoms with Crippen molar-refractivity contribution in [3.8, 4) is 11.8 Å². The van der Waals surface area contributed by atoms with Gasteiger partial charge in [0, 0.05) is 0 Å². The van der Waals surface area contributed by atoms with Gasteiger partial charge >= 0.3 is 0 Å². The number of nitrogens with zero attached hydrogens (tertiary/aromatic N) is 1. The highest BCUT2D eigenvalue weighted by molar-refractivity contribution is 7.92. The Bertz CT molecular complexity index is 775. The van der Waals surface area contributed by atoms with E-state index in [0.717, 1.165) is 5.56 Å². The number of hydrogen-bond donors (Lipinski definition) is 2. The van der Waals surface area contributed by atoms with E-state index in [-0.39, 0.29) is 21.9 Å². The molecule has 2 N–H and O–H groups in total. The molecular formula is C14H12N2O3S. The van der Waals surface area contributed by atoms with E-state index in [9.17, 15) is 13.5 Å². The summed E-state index contributed by atoms with van der Waals surface area (Å²) in [5.74, 6) is -0.292. The Kier molecular flexibility index (Phi) is 3.63. The number of nitriles is 1. The SMILES string of the molecule is Cc1ccc(S(=O)(=O)Nc2c(O)cccc2C#N)cc1. The van der Waals surface area contributed by atoms with E-state index in [2.05, 4.69) is 4.72 Å². The topological polar surface area (TPSA) is 90.2 Å². The molecule has 0 fully saturated rings. The number of nitrogens with one attached hydrogen (secondary N) is 1. The van der Waals surface area contributed by atoms with Crippen LogP contribution in [0.2, 0.25) is 0 Å². The van der Waals surface area contributed by atoms with Crippen molar-refractivity contribution in [1.29, 1.82) is 5.26 Å². The number of aryl methyl sites for hydroxylation is 1. The number of rotatable bonds is 3. The summed E-state index contributed by atoms with van der Waals surface area (Å²) in [6.07, 6.45) is 0. The van der Waals surface area contributed by atoms with E-state index < -0.39 is 10.0 Å². The first-order valence-corrected chi connectivity index (χ1v) is 7.24. The molecule has 0 spiro atoms. The van der Waals surface area contributed by atoms with E-state index in [1.807, 2.05) is 13.0 Å². The van der Waals surface area contributed by atoms with Gasteiger partial charge in [-0.3, -0.25) is 4.72 Å². The van der Waals surface area contributed by atoms with Crippen LogP contribution in [-0.2, 0) is 10.0 Å². The Labute approximate surface area is 117 Å². The molecule has 0 aromatic heterocycles. The van der Waals surface area contributed by atoms with Crippen molar-refractivity contribution < 1.29 is 13.5 Å². The number of sulfonamides is 1. The van der Waals surface area contributed by atoms with Gasteiger partial charge in [-0.15, -0.1) is 0 Å². The zero-order chi connectivity index (χ0) is 14.8. The van der Waals surface area contributed by atoms with Crippen molar-refractivity contribution in [3.63, 3.8) is 0 Å². The zero-order valence-corrected chi connectivity index (χ0v) is 11.5. The fourth-order valence-electron chi connectivity index (χ4n) is 1.65. The van der Waals surface area contributed by atoms with Crippen LogP contribution in [0, 0.1) is 18.3 Å². The highest BCUT2D eigenvalue weighted by Gasteiger charge is 2.18. The molecule has 20 heavy (non-hydrogen) atoms. The molecule has 6 heteroatoms. The van der Waals surface area contributed by atoms with Crippen LogP contribution in [0.4, 0.5) is 5.69 Å². The maximum atomic E-state index is 12.2. The fourth-order valence-corrected chi connectivity index (χ4v) is 2.75. The Hall–Kier alpha value is -2.52. The third-order valence-corrected chi connectivity index (χ3v) is 4.10. The summed E-state index contributed by atoms with van der Waals surface area (Å²) in [6.45, 7) is 1.85. The molecule has 0 saturated heterocycles. The van der Waals surface area contributed by atoms with E-state index in [1.165, 1.54) is 30.3 Å². The quantitative estimate of drug-likeness (QED) is 0.848. The Morgan fingerprint density at radius 3 is 2.40 bits per heavy atom. The first-order valence-electron chi connectivity index (χ1n) is 5.75. The number of hydrogen-bond acceptors (Lipinski definition) is 4. The normalized spacial score (nSPS) is 10.8. The van der Waals surface area contributed by atoms with Gasteiger partial charge < -0.3 is 5.11 Å². The third kappa shape index (κ3) is 2.73. The lowest BCUT2D eigenvalue weighted by Gasteiger charge is -2.11. The number of benzene rings is 2. The van der Waals surface area contributed by atoms with Crippen LogP contribution in [0.15, 0.2) is 47.4 Å². The van der Waals surface area contributed by atoms with Crippen LogP contribution in [-0.4, -0.2) is 13.5 Å². The monoisotopic (exact) mass is 288 g/mol. The average molecular weight is 288 g/mol.